The quantitative estimate of drug-likeness (QED) is 0.802. The summed E-state index contributed by atoms with van der Waals surface area (Å²) in [6, 6.07) is 6.00. The second kappa shape index (κ2) is 5.70. The molecule has 24 heavy (non-hydrogen) atoms. The maximum atomic E-state index is 12.6. The molecule has 1 aliphatic carbocycles. The Labute approximate surface area is 139 Å². The van der Waals surface area contributed by atoms with E-state index in [4.69, 9.17) is 0 Å². The first-order valence-electron chi connectivity index (χ1n) is 8.20. The van der Waals surface area contributed by atoms with Gasteiger partial charge in [-0.05, 0) is 50.8 Å². The summed E-state index contributed by atoms with van der Waals surface area (Å²) < 4.78 is 1.72. The number of hydrogen-bond acceptors (Lipinski definition) is 4. The third-order valence-corrected chi connectivity index (χ3v) is 4.51. The van der Waals surface area contributed by atoms with Crippen LogP contribution in [0.25, 0.3) is 16.9 Å². The van der Waals surface area contributed by atoms with E-state index in [2.05, 4.69) is 27.3 Å². The minimum absolute atomic E-state index is 0.108. The molecule has 1 N–H and O–H groups in total. The molecule has 1 saturated carbocycles. The largest absolute Gasteiger partial charge is 0.349 e. The van der Waals surface area contributed by atoms with Crippen molar-refractivity contribution in [1.29, 1.82) is 0 Å². The lowest BCUT2D eigenvalue weighted by Crippen LogP contribution is -2.34. The van der Waals surface area contributed by atoms with Crippen molar-refractivity contribution in [2.24, 2.45) is 5.92 Å². The maximum Gasteiger partial charge on any atom is 0.256 e. The number of carbonyl (C=O) groups excluding carboxylic acids is 1. The summed E-state index contributed by atoms with van der Waals surface area (Å²) in [4.78, 5) is 21.2. The van der Waals surface area contributed by atoms with Crippen LogP contribution < -0.4 is 5.32 Å². The molecule has 1 amide bonds. The Balaban J connectivity index is 1.76. The minimum atomic E-state index is -0.108. The summed E-state index contributed by atoms with van der Waals surface area (Å²) in [6.45, 7) is 3.98. The fourth-order valence-electron chi connectivity index (χ4n) is 2.97. The Morgan fingerprint density at radius 1 is 1.33 bits per heavy atom. The fourth-order valence-corrected chi connectivity index (χ4v) is 2.97. The van der Waals surface area contributed by atoms with Gasteiger partial charge in [-0.3, -0.25) is 9.78 Å². The van der Waals surface area contributed by atoms with Crippen molar-refractivity contribution < 1.29 is 4.79 Å². The number of hydrogen-bond donors (Lipinski definition) is 1. The number of nitrogens with zero attached hydrogens (tertiary/aromatic N) is 4. The molecule has 0 unspecified atom stereocenters. The highest BCUT2D eigenvalue weighted by Crippen LogP contribution is 2.32. The van der Waals surface area contributed by atoms with Crippen LogP contribution in [-0.2, 0) is 0 Å². The molecular formula is C18H19N5O. The van der Waals surface area contributed by atoms with Gasteiger partial charge in [0, 0.05) is 29.7 Å². The molecule has 0 radical (unpaired) electrons. The molecule has 3 heterocycles. The van der Waals surface area contributed by atoms with E-state index < -0.39 is 0 Å². The summed E-state index contributed by atoms with van der Waals surface area (Å²) >= 11 is 0. The van der Waals surface area contributed by atoms with E-state index in [1.165, 1.54) is 12.8 Å². The molecular weight excluding hydrogens is 302 g/mol. The molecule has 3 aromatic heterocycles. The van der Waals surface area contributed by atoms with Crippen LogP contribution in [0.5, 0.6) is 0 Å². The Morgan fingerprint density at radius 3 is 2.79 bits per heavy atom. The Bertz CT molecular complexity index is 898. The number of aromatic nitrogens is 4. The molecule has 6 nitrogen and oxygen atoms in total. The monoisotopic (exact) mass is 321 g/mol. The highest BCUT2D eigenvalue weighted by molar-refractivity contribution is 6.00. The summed E-state index contributed by atoms with van der Waals surface area (Å²) in [5.74, 6) is 0.501. The highest BCUT2D eigenvalue weighted by atomic mass is 16.1. The van der Waals surface area contributed by atoms with Crippen LogP contribution in [0.3, 0.4) is 0 Å². The van der Waals surface area contributed by atoms with Crippen LogP contribution in [-0.4, -0.2) is 31.5 Å². The number of rotatable bonds is 4. The SMILES string of the molecule is Cc1cc(-c2ccncc2)n2ncc(C(=O)N[C@@H](C)C3CC3)c2n1. The van der Waals surface area contributed by atoms with Gasteiger partial charge >= 0.3 is 0 Å². The van der Waals surface area contributed by atoms with E-state index >= 15 is 0 Å². The van der Waals surface area contributed by atoms with Gasteiger partial charge in [0.1, 0.15) is 5.56 Å². The molecule has 0 bridgehead atoms. The van der Waals surface area contributed by atoms with E-state index in [0.29, 0.717) is 17.1 Å². The molecule has 1 fully saturated rings. The van der Waals surface area contributed by atoms with Crippen LogP contribution in [0.1, 0.15) is 35.8 Å². The van der Waals surface area contributed by atoms with Crippen molar-refractivity contribution in [3.8, 4) is 11.3 Å². The first kappa shape index (κ1) is 14.8. The van der Waals surface area contributed by atoms with Crippen molar-refractivity contribution in [1.82, 2.24) is 24.9 Å². The summed E-state index contributed by atoms with van der Waals surface area (Å²) in [5, 5.41) is 7.47. The van der Waals surface area contributed by atoms with E-state index in [0.717, 1.165) is 17.0 Å². The average Bonchev–Trinajstić information content (AvgIpc) is 3.35. The van der Waals surface area contributed by atoms with Gasteiger partial charge in [0.05, 0.1) is 11.9 Å². The Kier molecular flexibility index (Phi) is 3.52. The number of amides is 1. The van der Waals surface area contributed by atoms with Gasteiger partial charge < -0.3 is 5.32 Å². The molecule has 4 rings (SSSR count). The molecule has 1 atom stereocenters. The second-order valence-corrected chi connectivity index (χ2v) is 6.41. The summed E-state index contributed by atoms with van der Waals surface area (Å²) in [6.07, 6.45) is 7.47. The lowest BCUT2D eigenvalue weighted by molar-refractivity contribution is 0.0937. The Hall–Kier alpha value is -2.76. The first-order chi connectivity index (χ1) is 11.6. The van der Waals surface area contributed by atoms with Gasteiger partial charge in [0.2, 0.25) is 0 Å². The van der Waals surface area contributed by atoms with Gasteiger partial charge in [0.15, 0.2) is 5.65 Å². The average molecular weight is 321 g/mol. The van der Waals surface area contributed by atoms with Crippen LogP contribution >= 0.6 is 0 Å². The smallest absolute Gasteiger partial charge is 0.256 e. The molecule has 1 aliphatic rings. The third-order valence-electron chi connectivity index (χ3n) is 4.51. The van der Waals surface area contributed by atoms with Crippen molar-refractivity contribution in [3.63, 3.8) is 0 Å². The molecule has 3 aromatic rings. The first-order valence-corrected chi connectivity index (χ1v) is 8.20. The summed E-state index contributed by atoms with van der Waals surface area (Å²) in [7, 11) is 0. The lowest BCUT2D eigenvalue weighted by Gasteiger charge is -2.12. The second-order valence-electron chi connectivity index (χ2n) is 6.41. The molecule has 0 aliphatic heterocycles. The predicted molar refractivity (Wildman–Crippen MR) is 90.6 cm³/mol. The Morgan fingerprint density at radius 2 is 2.08 bits per heavy atom. The molecule has 0 spiro atoms. The molecule has 122 valence electrons. The van der Waals surface area contributed by atoms with Gasteiger partial charge in [-0.2, -0.15) is 5.10 Å². The zero-order valence-corrected chi connectivity index (χ0v) is 13.7. The number of fused-ring (bicyclic) bond motifs is 1. The number of carbonyl (C=O) groups is 1. The van der Waals surface area contributed by atoms with Crippen LogP contribution in [0.4, 0.5) is 0 Å². The van der Waals surface area contributed by atoms with Gasteiger partial charge in [-0.25, -0.2) is 9.50 Å². The van der Waals surface area contributed by atoms with Gasteiger partial charge in [-0.1, -0.05) is 0 Å². The molecule has 0 saturated heterocycles. The van der Waals surface area contributed by atoms with Gasteiger partial charge in [-0.15, -0.1) is 0 Å². The third kappa shape index (κ3) is 2.64. The summed E-state index contributed by atoms with van der Waals surface area (Å²) in [5.41, 5.74) is 3.83. The van der Waals surface area contributed by atoms with Gasteiger partial charge in [0.25, 0.3) is 5.91 Å². The standard InChI is InChI=1S/C18H19N5O/c1-11-9-16(14-5-7-19-8-6-14)23-17(21-11)15(10-20-23)18(24)22-12(2)13-3-4-13/h5-10,12-13H,3-4H2,1-2H3,(H,22,24)/t12-/m0/s1. The zero-order chi connectivity index (χ0) is 16.7. The lowest BCUT2D eigenvalue weighted by atomic mass is 10.1. The van der Waals surface area contributed by atoms with Crippen LogP contribution in [0, 0.1) is 12.8 Å². The van der Waals surface area contributed by atoms with E-state index in [9.17, 15) is 4.79 Å². The normalized spacial score (nSPS) is 15.4. The van der Waals surface area contributed by atoms with Crippen molar-refractivity contribution in [2.75, 3.05) is 0 Å². The van der Waals surface area contributed by atoms with E-state index in [-0.39, 0.29) is 11.9 Å². The predicted octanol–water partition coefficient (Wildman–Crippen LogP) is 2.63. The topological polar surface area (TPSA) is 72.2 Å². The maximum absolute atomic E-state index is 12.6. The molecule has 6 heteroatoms. The number of pyridine rings is 1. The van der Waals surface area contributed by atoms with Crippen LogP contribution in [0.2, 0.25) is 0 Å². The van der Waals surface area contributed by atoms with Crippen LogP contribution in [0.15, 0.2) is 36.8 Å². The van der Waals surface area contributed by atoms with E-state index in [1.54, 1.807) is 23.1 Å². The molecule has 0 aromatic carbocycles. The van der Waals surface area contributed by atoms with E-state index in [1.807, 2.05) is 25.1 Å². The minimum Gasteiger partial charge on any atom is -0.349 e. The van der Waals surface area contributed by atoms with Crippen molar-refractivity contribution in [2.45, 2.75) is 32.7 Å². The highest BCUT2D eigenvalue weighted by Gasteiger charge is 2.30. The number of aryl methyl sites for hydroxylation is 1. The van der Waals surface area contributed by atoms with Crippen molar-refractivity contribution >= 4 is 11.6 Å². The van der Waals surface area contributed by atoms with Crippen molar-refractivity contribution in [3.05, 3.63) is 48.0 Å². The number of nitrogens with one attached hydrogen (secondary N) is 1. The zero-order valence-electron chi connectivity index (χ0n) is 13.7. The fraction of sp³-hybridized carbons (Fsp3) is 0.333.